The minimum atomic E-state index is 0.873. The van der Waals surface area contributed by atoms with Crippen LogP contribution in [0.5, 0.6) is 0 Å². The Morgan fingerprint density at radius 1 is 0.367 bits per heavy atom. The van der Waals surface area contributed by atoms with E-state index in [0.717, 1.165) is 10.5 Å². The van der Waals surface area contributed by atoms with Crippen molar-refractivity contribution in [2.45, 2.75) is 168 Å². The van der Waals surface area contributed by atoms with Gasteiger partial charge in [0.05, 0.1) is 27.2 Å². The van der Waals surface area contributed by atoms with E-state index in [4.69, 9.17) is 0 Å². The molecule has 0 radical (unpaired) electrons. The van der Waals surface area contributed by atoms with Crippen LogP contribution in [-0.4, -0.2) is 31.7 Å². The second kappa shape index (κ2) is 22.2. The minimum absolute atomic E-state index is 0.873. The van der Waals surface area contributed by atoms with Crippen molar-refractivity contribution in [2.24, 2.45) is 0 Å². The van der Waals surface area contributed by atoms with Gasteiger partial charge in [-0.25, -0.2) is 0 Å². The van der Waals surface area contributed by atoms with Gasteiger partial charge in [0, 0.05) is 0 Å². The predicted molar refractivity (Wildman–Crippen MR) is 139 cm³/mol. The Labute approximate surface area is 193 Å². The monoisotopic (exact) mass is 424 g/mol. The second-order valence-corrected chi connectivity index (χ2v) is 11.1. The van der Waals surface area contributed by atoms with Crippen LogP contribution < -0.4 is 0 Å². The lowest BCUT2D eigenvalue weighted by Gasteiger charge is -2.34. The molecule has 1 unspecified atom stereocenters. The van der Waals surface area contributed by atoms with E-state index in [-0.39, 0.29) is 0 Å². The van der Waals surface area contributed by atoms with Gasteiger partial charge in [-0.1, -0.05) is 136 Å². The first-order valence-electron chi connectivity index (χ1n) is 14.3. The molecule has 0 amide bonds. The van der Waals surface area contributed by atoms with Crippen molar-refractivity contribution in [1.82, 2.24) is 0 Å². The van der Waals surface area contributed by atoms with Gasteiger partial charge in [-0.2, -0.15) is 0 Å². The van der Waals surface area contributed by atoms with Crippen LogP contribution in [-0.2, 0) is 0 Å². The third kappa shape index (κ3) is 21.2. The fourth-order valence-electron chi connectivity index (χ4n) is 4.83. The number of rotatable bonds is 24. The standard InChI is InChI=1S/C29H62N/c1-6-8-10-12-13-14-15-16-17-18-19-20-21-22-24-26-28-29(30(3,4)5)27-25-23-11-9-7-2/h29H,6-28H2,1-5H3/q+1. The molecule has 0 aliphatic rings. The van der Waals surface area contributed by atoms with E-state index in [1.54, 1.807) is 0 Å². The first-order valence-corrected chi connectivity index (χ1v) is 14.3. The Balaban J connectivity index is 3.44. The molecule has 0 saturated heterocycles. The molecule has 0 aliphatic carbocycles. The van der Waals surface area contributed by atoms with Crippen LogP contribution >= 0.6 is 0 Å². The highest BCUT2D eigenvalue weighted by molar-refractivity contribution is 4.60. The van der Waals surface area contributed by atoms with Gasteiger partial charge in [0.15, 0.2) is 0 Å². The average molecular weight is 425 g/mol. The molecule has 30 heavy (non-hydrogen) atoms. The Hall–Kier alpha value is -0.0400. The first kappa shape index (κ1) is 30.0. The van der Waals surface area contributed by atoms with Crippen LogP contribution in [0.2, 0.25) is 0 Å². The zero-order chi connectivity index (χ0) is 22.3. The summed E-state index contributed by atoms with van der Waals surface area (Å²) >= 11 is 0. The van der Waals surface area contributed by atoms with Crippen molar-refractivity contribution in [2.75, 3.05) is 21.1 Å². The lowest BCUT2D eigenvalue weighted by Crippen LogP contribution is -2.45. The molecule has 1 atom stereocenters. The van der Waals surface area contributed by atoms with Gasteiger partial charge in [0.25, 0.3) is 0 Å². The molecule has 0 heterocycles. The maximum Gasteiger partial charge on any atom is 0.0884 e. The van der Waals surface area contributed by atoms with Gasteiger partial charge in [-0.05, 0) is 25.7 Å². The molecule has 0 aromatic heterocycles. The number of nitrogens with zero attached hydrogens (tertiary/aromatic N) is 1. The number of quaternary nitrogens is 1. The molecule has 0 aromatic carbocycles. The van der Waals surface area contributed by atoms with Crippen molar-refractivity contribution in [1.29, 1.82) is 0 Å². The summed E-state index contributed by atoms with van der Waals surface area (Å²) in [5.41, 5.74) is 0. The third-order valence-electron chi connectivity index (χ3n) is 7.13. The van der Waals surface area contributed by atoms with E-state index < -0.39 is 0 Å². The van der Waals surface area contributed by atoms with Crippen molar-refractivity contribution < 1.29 is 4.48 Å². The Bertz CT molecular complexity index is 317. The summed E-state index contributed by atoms with van der Waals surface area (Å²) < 4.78 is 1.16. The van der Waals surface area contributed by atoms with Crippen molar-refractivity contribution in [3.05, 3.63) is 0 Å². The van der Waals surface area contributed by atoms with Crippen LogP contribution in [0.15, 0.2) is 0 Å². The molecule has 0 saturated carbocycles. The molecular weight excluding hydrogens is 362 g/mol. The van der Waals surface area contributed by atoms with Gasteiger partial charge in [0.1, 0.15) is 0 Å². The average Bonchev–Trinajstić information content (AvgIpc) is 2.70. The van der Waals surface area contributed by atoms with Crippen molar-refractivity contribution in [3.63, 3.8) is 0 Å². The van der Waals surface area contributed by atoms with Crippen LogP contribution in [0.4, 0.5) is 0 Å². The Kier molecular flexibility index (Phi) is 22.1. The molecule has 0 N–H and O–H groups in total. The quantitative estimate of drug-likeness (QED) is 0.107. The summed E-state index contributed by atoms with van der Waals surface area (Å²) in [6, 6.07) is 0.873. The highest BCUT2D eigenvalue weighted by Crippen LogP contribution is 2.20. The van der Waals surface area contributed by atoms with E-state index in [1.807, 2.05) is 0 Å². The summed E-state index contributed by atoms with van der Waals surface area (Å²) in [7, 11) is 7.22. The molecule has 0 rings (SSSR count). The van der Waals surface area contributed by atoms with Crippen molar-refractivity contribution >= 4 is 0 Å². The minimum Gasteiger partial charge on any atom is -0.328 e. The molecule has 182 valence electrons. The number of unbranched alkanes of at least 4 members (excludes halogenated alkanes) is 19. The zero-order valence-electron chi connectivity index (χ0n) is 22.3. The van der Waals surface area contributed by atoms with Crippen LogP contribution in [0.3, 0.4) is 0 Å². The second-order valence-electron chi connectivity index (χ2n) is 11.1. The Morgan fingerprint density at radius 2 is 0.600 bits per heavy atom. The highest BCUT2D eigenvalue weighted by Gasteiger charge is 2.22. The molecule has 0 aliphatic heterocycles. The van der Waals surface area contributed by atoms with Crippen LogP contribution in [0, 0.1) is 0 Å². The molecule has 0 aromatic rings. The van der Waals surface area contributed by atoms with Crippen LogP contribution in [0.1, 0.15) is 162 Å². The Morgan fingerprint density at radius 3 is 0.833 bits per heavy atom. The fraction of sp³-hybridized carbons (Fsp3) is 1.00. The molecular formula is C29H62N+. The van der Waals surface area contributed by atoms with E-state index in [0.29, 0.717) is 0 Å². The van der Waals surface area contributed by atoms with Gasteiger partial charge >= 0.3 is 0 Å². The smallest absolute Gasteiger partial charge is 0.0884 e. The van der Waals surface area contributed by atoms with Gasteiger partial charge < -0.3 is 4.48 Å². The normalized spacial score (nSPS) is 13.1. The van der Waals surface area contributed by atoms with Gasteiger partial charge in [-0.15, -0.1) is 0 Å². The summed E-state index contributed by atoms with van der Waals surface area (Å²) in [5, 5.41) is 0. The molecule has 1 nitrogen and oxygen atoms in total. The maximum atomic E-state index is 2.41. The summed E-state index contributed by atoms with van der Waals surface area (Å²) in [4.78, 5) is 0. The lowest BCUT2D eigenvalue weighted by atomic mass is 9.98. The maximum absolute atomic E-state index is 2.41. The SMILES string of the molecule is CCCCCCCCCCCCCCCCCCC(CCCCCCC)[N+](C)(C)C. The summed E-state index contributed by atoms with van der Waals surface area (Å²) in [5.74, 6) is 0. The van der Waals surface area contributed by atoms with E-state index >= 15 is 0 Å². The molecule has 1 heteroatoms. The largest absolute Gasteiger partial charge is 0.328 e. The number of hydrogen-bond donors (Lipinski definition) is 0. The topological polar surface area (TPSA) is 0 Å². The summed E-state index contributed by atoms with van der Waals surface area (Å²) in [6.07, 6.45) is 33.5. The van der Waals surface area contributed by atoms with Gasteiger partial charge in [0.2, 0.25) is 0 Å². The van der Waals surface area contributed by atoms with Gasteiger partial charge in [-0.3, -0.25) is 0 Å². The molecule has 0 bridgehead atoms. The van der Waals surface area contributed by atoms with E-state index in [1.165, 1.54) is 148 Å². The highest BCUT2D eigenvalue weighted by atomic mass is 15.3. The third-order valence-corrected chi connectivity index (χ3v) is 7.13. The first-order chi connectivity index (χ1) is 14.5. The van der Waals surface area contributed by atoms with E-state index in [2.05, 4.69) is 35.0 Å². The van der Waals surface area contributed by atoms with Crippen LogP contribution in [0.25, 0.3) is 0 Å². The number of hydrogen-bond acceptors (Lipinski definition) is 0. The fourth-order valence-corrected chi connectivity index (χ4v) is 4.83. The molecule has 0 spiro atoms. The summed E-state index contributed by atoms with van der Waals surface area (Å²) in [6.45, 7) is 4.62. The molecule has 0 fully saturated rings. The van der Waals surface area contributed by atoms with Crippen molar-refractivity contribution in [3.8, 4) is 0 Å². The van der Waals surface area contributed by atoms with E-state index in [9.17, 15) is 0 Å². The lowest BCUT2D eigenvalue weighted by molar-refractivity contribution is -0.896. The zero-order valence-corrected chi connectivity index (χ0v) is 22.3. The predicted octanol–water partition coefficient (Wildman–Crippen LogP) is 10.1.